The second-order valence-corrected chi connectivity index (χ2v) is 6.21. The lowest BCUT2D eigenvalue weighted by Gasteiger charge is -2.18. The van der Waals surface area contributed by atoms with Crippen LogP contribution in [0, 0.1) is 6.92 Å². The normalized spacial score (nSPS) is 10.6. The fraction of sp³-hybridized carbons (Fsp3) is 0.308. The molecule has 18 heavy (non-hydrogen) atoms. The number of nitrogens with two attached hydrogens (primary N) is 1. The quantitative estimate of drug-likeness (QED) is 0.935. The SMILES string of the molecule is Cc1cc(N(C)CCc2cc(Br)cs2)ncc1N. The lowest BCUT2D eigenvalue weighted by Crippen LogP contribution is -2.21. The van der Waals surface area contributed by atoms with Crippen LogP contribution in [0.25, 0.3) is 0 Å². The van der Waals surface area contributed by atoms with Crippen molar-refractivity contribution < 1.29 is 0 Å². The Hall–Kier alpha value is -1.07. The summed E-state index contributed by atoms with van der Waals surface area (Å²) in [7, 11) is 2.06. The van der Waals surface area contributed by atoms with E-state index in [1.165, 1.54) is 4.88 Å². The minimum atomic E-state index is 0.745. The summed E-state index contributed by atoms with van der Waals surface area (Å²) >= 11 is 5.25. The molecule has 0 saturated heterocycles. The Balaban J connectivity index is 1.99. The third-order valence-electron chi connectivity index (χ3n) is 2.84. The van der Waals surface area contributed by atoms with Crippen LogP contribution in [0.3, 0.4) is 0 Å². The molecular formula is C13H16BrN3S. The largest absolute Gasteiger partial charge is 0.397 e. The molecule has 0 spiro atoms. The Kier molecular flexibility index (Phi) is 4.24. The van der Waals surface area contributed by atoms with Crippen molar-refractivity contribution in [3.8, 4) is 0 Å². The molecule has 2 heterocycles. The number of nitrogen functional groups attached to an aromatic ring is 1. The van der Waals surface area contributed by atoms with E-state index in [9.17, 15) is 0 Å². The van der Waals surface area contributed by atoms with E-state index in [0.29, 0.717) is 0 Å². The van der Waals surface area contributed by atoms with Gasteiger partial charge in [0.1, 0.15) is 5.82 Å². The first-order valence-corrected chi connectivity index (χ1v) is 7.39. The number of aryl methyl sites for hydroxylation is 1. The van der Waals surface area contributed by atoms with Crippen LogP contribution < -0.4 is 10.6 Å². The number of nitrogens with zero attached hydrogens (tertiary/aromatic N) is 2. The van der Waals surface area contributed by atoms with Crippen LogP contribution in [0.1, 0.15) is 10.4 Å². The van der Waals surface area contributed by atoms with Gasteiger partial charge in [-0.05, 0) is 47.0 Å². The van der Waals surface area contributed by atoms with Crippen molar-refractivity contribution in [2.24, 2.45) is 0 Å². The highest BCUT2D eigenvalue weighted by Crippen LogP contribution is 2.21. The van der Waals surface area contributed by atoms with Crippen LogP contribution in [0.15, 0.2) is 28.2 Å². The Morgan fingerprint density at radius 2 is 2.22 bits per heavy atom. The van der Waals surface area contributed by atoms with E-state index in [2.05, 4.69) is 44.3 Å². The summed E-state index contributed by atoms with van der Waals surface area (Å²) < 4.78 is 1.16. The second-order valence-electron chi connectivity index (χ2n) is 4.30. The Labute approximate surface area is 120 Å². The van der Waals surface area contributed by atoms with Crippen molar-refractivity contribution in [3.05, 3.63) is 38.6 Å². The molecule has 2 aromatic heterocycles. The zero-order valence-electron chi connectivity index (χ0n) is 10.5. The van der Waals surface area contributed by atoms with Gasteiger partial charge in [-0.2, -0.15) is 0 Å². The first kappa shape index (κ1) is 13.4. The molecule has 3 nitrogen and oxygen atoms in total. The molecule has 96 valence electrons. The lowest BCUT2D eigenvalue weighted by molar-refractivity contribution is 0.868. The Morgan fingerprint density at radius 3 is 2.83 bits per heavy atom. The van der Waals surface area contributed by atoms with Crippen LogP contribution in [0.2, 0.25) is 0 Å². The van der Waals surface area contributed by atoms with E-state index >= 15 is 0 Å². The van der Waals surface area contributed by atoms with Crippen LogP contribution in [-0.4, -0.2) is 18.6 Å². The zero-order valence-corrected chi connectivity index (χ0v) is 12.9. The first-order chi connectivity index (χ1) is 8.56. The minimum Gasteiger partial charge on any atom is -0.397 e. The molecule has 0 aliphatic carbocycles. The van der Waals surface area contributed by atoms with E-state index < -0.39 is 0 Å². The predicted molar refractivity (Wildman–Crippen MR) is 82.4 cm³/mol. The number of anilines is 2. The number of hydrogen-bond donors (Lipinski definition) is 1. The van der Waals surface area contributed by atoms with Gasteiger partial charge in [-0.15, -0.1) is 11.3 Å². The van der Waals surface area contributed by atoms with E-state index in [-0.39, 0.29) is 0 Å². The van der Waals surface area contributed by atoms with Crippen molar-refractivity contribution in [1.82, 2.24) is 4.98 Å². The van der Waals surface area contributed by atoms with E-state index in [4.69, 9.17) is 5.73 Å². The average Bonchev–Trinajstić information content (AvgIpc) is 2.75. The van der Waals surface area contributed by atoms with Crippen LogP contribution in [0.4, 0.5) is 11.5 Å². The van der Waals surface area contributed by atoms with E-state index in [1.807, 2.05) is 13.0 Å². The van der Waals surface area contributed by atoms with Crippen LogP contribution >= 0.6 is 27.3 Å². The highest BCUT2D eigenvalue weighted by Gasteiger charge is 2.05. The maximum atomic E-state index is 5.77. The maximum Gasteiger partial charge on any atom is 0.128 e. The maximum absolute atomic E-state index is 5.77. The molecule has 0 amide bonds. The van der Waals surface area contributed by atoms with Gasteiger partial charge in [0.25, 0.3) is 0 Å². The first-order valence-electron chi connectivity index (χ1n) is 5.72. The van der Waals surface area contributed by atoms with Gasteiger partial charge in [-0.25, -0.2) is 4.98 Å². The molecule has 2 N–H and O–H groups in total. The number of thiophene rings is 1. The molecule has 0 aromatic carbocycles. The van der Waals surface area contributed by atoms with Crippen LogP contribution in [-0.2, 0) is 6.42 Å². The van der Waals surface area contributed by atoms with Gasteiger partial charge in [0.2, 0.25) is 0 Å². The number of hydrogen-bond acceptors (Lipinski definition) is 4. The number of pyridine rings is 1. The highest BCUT2D eigenvalue weighted by molar-refractivity contribution is 9.10. The number of rotatable bonds is 4. The lowest BCUT2D eigenvalue weighted by atomic mass is 10.2. The van der Waals surface area contributed by atoms with Gasteiger partial charge in [0, 0.05) is 28.3 Å². The van der Waals surface area contributed by atoms with E-state index in [1.54, 1.807) is 17.5 Å². The van der Waals surface area contributed by atoms with Crippen molar-refractivity contribution in [2.75, 3.05) is 24.2 Å². The fourth-order valence-electron chi connectivity index (χ4n) is 1.64. The van der Waals surface area contributed by atoms with E-state index in [0.717, 1.165) is 34.5 Å². The standard InChI is InChI=1S/C13H16BrN3S/c1-9-5-13(16-7-12(9)15)17(2)4-3-11-6-10(14)8-18-11/h5-8H,3-4,15H2,1-2H3. The molecule has 2 aromatic rings. The summed E-state index contributed by atoms with van der Waals surface area (Å²) in [4.78, 5) is 7.88. The smallest absolute Gasteiger partial charge is 0.128 e. The van der Waals surface area contributed by atoms with Gasteiger partial charge in [-0.3, -0.25) is 0 Å². The number of likely N-dealkylation sites (N-methyl/N-ethyl adjacent to an activating group) is 1. The molecule has 0 aliphatic heterocycles. The molecule has 0 bridgehead atoms. The Morgan fingerprint density at radius 1 is 1.44 bits per heavy atom. The molecule has 5 heteroatoms. The number of halogens is 1. The molecular weight excluding hydrogens is 310 g/mol. The third-order valence-corrected chi connectivity index (χ3v) is 4.60. The summed E-state index contributed by atoms with van der Waals surface area (Å²) in [5, 5.41) is 2.11. The molecule has 0 fully saturated rings. The third kappa shape index (κ3) is 3.23. The van der Waals surface area contributed by atoms with Crippen molar-refractivity contribution >= 4 is 38.8 Å². The summed E-state index contributed by atoms with van der Waals surface area (Å²) in [6.45, 7) is 2.95. The molecule has 0 unspecified atom stereocenters. The van der Waals surface area contributed by atoms with Crippen molar-refractivity contribution in [2.45, 2.75) is 13.3 Å². The topological polar surface area (TPSA) is 42.2 Å². The minimum absolute atomic E-state index is 0.745. The van der Waals surface area contributed by atoms with Crippen molar-refractivity contribution in [3.63, 3.8) is 0 Å². The van der Waals surface area contributed by atoms with Crippen molar-refractivity contribution in [1.29, 1.82) is 0 Å². The van der Waals surface area contributed by atoms with Gasteiger partial charge < -0.3 is 10.6 Å². The summed E-state index contributed by atoms with van der Waals surface area (Å²) in [5.41, 5.74) is 7.59. The summed E-state index contributed by atoms with van der Waals surface area (Å²) in [6, 6.07) is 4.19. The Bertz CT molecular complexity index is 539. The average molecular weight is 326 g/mol. The van der Waals surface area contributed by atoms with Gasteiger partial charge in [-0.1, -0.05) is 0 Å². The zero-order chi connectivity index (χ0) is 13.1. The van der Waals surface area contributed by atoms with Gasteiger partial charge in [0.05, 0.1) is 11.9 Å². The summed E-state index contributed by atoms with van der Waals surface area (Å²) in [6.07, 6.45) is 2.75. The fourth-order valence-corrected chi connectivity index (χ4v) is 3.08. The van der Waals surface area contributed by atoms with Crippen LogP contribution in [0.5, 0.6) is 0 Å². The van der Waals surface area contributed by atoms with Gasteiger partial charge >= 0.3 is 0 Å². The highest BCUT2D eigenvalue weighted by atomic mass is 79.9. The second kappa shape index (κ2) is 5.71. The monoisotopic (exact) mass is 325 g/mol. The summed E-state index contributed by atoms with van der Waals surface area (Å²) in [5.74, 6) is 0.970. The molecule has 0 aliphatic rings. The van der Waals surface area contributed by atoms with Gasteiger partial charge in [0.15, 0.2) is 0 Å². The molecule has 0 saturated carbocycles. The molecule has 2 rings (SSSR count). The molecule has 0 radical (unpaired) electrons. The molecule has 0 atom stereocenters. The number of aromatic nitrogens is 1. The predicted octanol–water partition coefficient (Wildman–Crippen LogP) is 3.48.